The van der Waals surface area contributed by atoms with E-state index in [1.54, 1.807) is 6.07 Å². The van der Waals surface area contributed by atoms with Gasteiger partial charge < -0.3 is 9.73 Å². The van der Waals surface area contributed by atoms with Crippen molar-refractivity contribution < 1.29 is 4.42 Å². The van der Waals surface area contributed by atoms with Gasteiger partial charge in [0.1, 0.15) is 5.76 Å². The number of furan rings is 1. The van der Waals surface area contributed by atoms with Crippen LogP contribution in [0.2, 0.25) is 5.22 Å². The van der Waals surface area contributed by atoms with Crippen LogP contribution in [0, 0.1) is 5.41 Å². The molecule has 1 saturated carbocycles. The van der Waals surface area contributed by atoms with Gasteiger partial charge in [0, 0.05) is 6.54 Å². The molecule has 0 amide bonds. The van der Waals surface area contributed by atoms with Crippen LogP contribution >= 0.6 is 11.6 Å². The second kappa shape index (κ2) is 4.58. The maximum atomic E-state index is 5.70. The lowest BCUT2D eigenvalue weighted by Crippen LogP contribution is -2.23. The van der Waals surface area contributed by atoms with Crippen molar-refractivity contribution in [3.05, 3.63) is 23.1 Å². The van der Waals surface area contributed by atoms with Gasteiger partial charge in [0.15, 0.2) is 5.22 Å². The van der Waals surface area contributed by atoms with Crippen molar-refractivity contribution in [1.82, 2.24) is 5.32 Å². The van der Waals surface area contributed by atoms with Gasteiger partial charge in [-0.25, -0.2) is 0 Å². The lowest BCUT2D eigenvalue weighted by atomic mass is 10.0. The number of hydrogen-bond donors (Lipinski definition) is 1. The van der Waals surface area contributed by atoms with Crippen LogP contribution < -0.4 is 5.32 Å². The molecule has 1 aliphatic rings. The molecule has 0 atom stereocenters. The van der Waals surface area contributed by atoms with Crippen molar-refractivity contribution in [2.24, 2.45) is 5.41 Å². The Labute approximate surface area is 96.0 Å². The molecule has 1 heterocycles. The molecule has 1 aromatic heterocycles. The summed E-state index contributed by atoms with van der Waals surface area (Å²) in [6, 6.07) is 3.71. The average Bonchev–Trinajstić information content (AvgIpc) is 2.83. The standard InChI is InChI=1S/C12H18ClNO/c1-2-5-12(6-7-12)9-14-8-10-3-4-11(13)15-10/h3-4,14H,2,5-9H2,1H3. The minimum atomic E-state index is 0.474. The zero-order chi connectivity index (χ0) is 10.7. The molecule has 0 unspecified atom stereocenters. The number of nitrogens with one attached hydrogen (secondary N) is 1. The molecule has 1 aliphatic carbocycles. The molecule has 1 fully saturated rings. The lowest BCUT2D eigenvalue weighted by Gasteiger charge is -2.13. The minimum absolute atomic E-state index is 0.474. The molecule has 2 nitrogen and oxygen atoms in total. The van der Waals surface area contributed by atoms with Crippen molar-refractivity contribution in [2.75, 3.05) is 6.54 Å². The van der Waals surface area contributed by atoms with Crippen molar-refractivity contribution >= 4 is 11.6 Å². The molecule has 0 aliphatic heterocycles. The highest BCUT2D eigenvalue weighted by Crippen LogP contribution is 2.48. The maximum Gasteiger partial charge on any atom is 0.193 e. The Bertz CT molecular complexity index is 317. The summed E-state index contributed by atoms with van der Waals surface area (Å²) in [5.74, 6) is 0.923. The topological polar surface area (TPSA) is 25.2 Å². The molecule has 0 spiro atoms. The molecular formula is C12H18ClNO. The Kier molecular flexibility index (Phi) is 3.37. The molecule has 84 valence electrons. The number of halogens is 1. The third-order valence-electron chi connectivity index (χ3n) is 3.17. The van der Waals surface area contributed by atoms with Crippen molar-refractivity contribution in [2.45, 2.75) is 39.2 Å². The van der Waals surface area contributed by atoms with E-state index in [0.29, 0.717) is 10.6 Å². The van der Waals surface area contributed by atoms with Crippen molar-refractivity contribution in [3.63, 3.8) is 0 Å². The molecule has 0 aromatic carbocycles. The molecule has 2 rings (SSSR count). The second-order valence-electron chi connectivity index (χ2n) is 4.56. The van der Waals surface area contributed by atoms with E-state index in [1.165, 1.54) is 25.7 Å². The van der Waals surface area contributed by atoms with E-state index in [1.807, 2.05) is 6.07 Å². The minimum Gasteiger partial charge on any atom is -0.448 e. The fraction of sp³-hybridized carbons (Fsp3) is 0.667. The van der Waals surface area contributed by atoms with Crippen LogP contribution in [0.4, 0.5) is 0 Å². The highest BCUT2D eigenvalue weighted by molar-refractivity contribution is 6.28. The fourth-order valence-corrected chi connectivity index (χ4v) is 2.28. The van der Waals surface area contributed by atoms with E-state index in [9.17, 15) is 0 Å². The molecule has 15 heavy (non-hydrogen) atoms. The molecule has 0 bridgehead atoms. The molecular weight excluding hydrogens is 210 g/mol. The average molecular weight is 228 g/mol. The summed E-state index contributed by atoms with van der Waals surface area (Å²) in [5, 5.41) is 3.92. The summed E-state index contributed by atoms with van der Waals surface area (Å²) in [7, 11) is 0. The maximum absolute atomic E-state index is 5.70. The Morgan fingerprint density at radius 2 is 2.27 bits per heavy atom. The Hall–Kier alpha value is -0.470. The van der Waals surface area contributed by atoms with E-state index in [2.05, 4.69) is 12.2 Å². The van der Waals surface area contributed by atoms with Crippen LogP contribution in [-0.4, -0.2) is 6.54 Å². The summed E-state index contributed by atoms with van der Waals surface area (Å²) < 4.78 is 5.28. The van der Waals surface area contributed by atoms with Crippen LogP contribution in [0.3, 0.4) is 0 Å². The number of rotatable bonds is 6. The molecule has 3 heteroatoms. The Morgan fingerprint density at radius 1 is 1.47 bits per heavy atom. The summed E-state index contributed by atoms with van der Waals surface area (Å²) in [6.45, 7) is 4.16. The van der Waals surface area contributed by atoms with Crippen LogP contribution in [-0.2, 0) is 6.54 Å². The zero-order valence-electron chi connectivity index (χ0n) is 9.18. The van der Waals surface area contributed by atoms with E-state index < -0.39 is 0 Å². The lowest BCUT2D eigenvalue weighted by molar-refractivity contribution is 0.402. The van der Waals surface area contributed by atoms with Gasteiger partial charge in [-0.1, -0.05) is 13.3 Å². The van der Waals surface area contributed by atoms with Crippen LogP contribution in [0.5, 0.6) is 0 Å². The third-order valence-corrected chi connectivity index (χ3v) is 3.37. The second-order valence-corrected chi connectivity index (χ2v) is 4.93. The zero-order valence-corrected chi connectivity index (χ0v) is 9.94. The first-order valence-corrected chi connectivity index (χ1v) is 6.07. The molecule has 1 aromatic rings. The molecule has 0 saturated heterocycles. The van der Waals surface area contributed by atoms with E-state index >= 15 is 0 Å². The highest BCUT2D eigenvalue weighted by Gasteiger charge is 2.40. The summed E-state index contributed by atoms with van der Waals surface area (Å²) >= 11 is 5.70. The van der Waals surface area contributed by atoms with Crippen LogP contribution in [0.15, 0.2) is 16.5 Å². The van der Waals surface area contributed by atoms with Crippen LogP contribution in [0.25, 0.3) is 0 Å². The van der Waals surface area contributed by atoms with Crippen molar-refractivity contribution in [3.8, 4) is 0 Å². The largest absolute Gasteiger partial charge is 0.448 e. The predicted molar refractivity (Wildman–Crippen MR) is 62.0 cm³/mol. The molecule has 0 radical (unpaired) electrons. The summed E-state index contributed by atoms with van der Waals surface area (Å²) in [5.41, 5.74) is 0.602. The Morgan fingerprint density at radius 3 is 2.80 bits per heavy atom. The first-order chi connectivity index (χ1) is 7.24. The predicted octanol–water partition coefficient (Wildman–Crippen LogP) is 3.60. The third kappa shape index (κ3) is 2.99. The van der Waals surface area contributed by atoms with Gasteiger partial charge in [0.2, 0.25) is 0 Å². The van der Waals surface area contributed by atoms with Gasteiger partial charge in [0.05, 0.1) is 6.54 Å². The van der Waals surface area contributed by atoms with Crippen molar-refractivity contribution in [1.29, 1.82) is 0 Å². The van der Waals surface area contributed by atoms with Gasteiger partial charge in [-0.3, -0.25) is 0 Å². The Balaban J connectivity index is 1.71. The van der Waals surface area contributed by atoms with E-state index in [-0.39, 0.29) is 0 Å². The number of hydrogen-bond acceptors (Lipinski definition) is 2. The van der Waals surface area contributed by atoms with Gasteiger partial charge in [-0.15, -0.1) is 0 Å². The van der Waals surface area contributed by atoms with E-state index in [4.69, 9.17) is 16.0 Å². The van der Waals surface area contributed by atoms with E-state index in [0.717, 1.165) is 18.8 Å². The van der Waals surface area contributed by atoms with Crippen LogP contribution in [0.1, 0.15) is 38.4 Å². The van der Waals surface area contributed by atoms with Gasteiger partial charge >= 0.3 is 0 Å². The fourth-order valence-electron chi connectivity index (χ4n) is 2.12. The summed E-state index contributed by atoms with van der Waals surface area (Å²) in [6.07, 6.45) is 5.40. The first kappa shape index (κ1) is 11.0. The molecule has 1 N–H and O–H groups in total. The van der Waals surface area contributed by atoms with Gasteiger partial charge in [-0.2, -0.15) is 0 Å². The normalized spacial score (nSPS) is 18.0. The highest BCUT2D eigenvalue weighted by atomic mass is 35.5. The van der Waals surface area contributed by atoms with Gasteiger partial charge in [-0.05, 0) is 48.4 Å². The monoisotopic (exact) mass is 227 g/mol. The SMILES string of the molecule is CCCC1(CNCc2ccc(Cl)o2)CC1. The smallest absolute Gasteiger partial charge is 0.193 e. The van der Waals surface area contributed by atoms with Gasteiger partial charge in [0.25, 0.3) is 0 Å². The quantitative estimate of drug-likeness (QED) is 0.803. The summed E-state index contributed by atoms with van der Waals surface area (Å²) in [4.78, 5) is 0. The first-order valence-electron chi connectivity index (χ1n) is 5.69.